The zero-order chi connectivity index (χ0) is 14.2. The van der Waals surface area contributed by atoms with Gasteiger partial charge in [0.25, 0.3) is 0 Å². The first-order chi connectivity index (χ1) is 9.79. The molecule has 0 aromatic heterocycles. The number of hydrogen-bond donors (Lipinski definition) is 1. The Bertz CT molecular complexity index is 408. The molecule has 0 saturated carbocycles. The third-order valence-corrected chi connectivity index (χ3v) is 4.00. The molecule has 0 aliphatic carbocycles. The van der Waals surface area contributed by atoms with E-state index >= 15 is 0 Å². The minimum atomic E-state index is 0.185. The van der Waals surface area contributed by atoms with Gasteiger partial charge in [0.1, 0.15) is 5.75 Å². The van der Waals surface area contributed by atoms with Gasteiger partial charge in [-0.25, -0.2) is 0 Å². The number of carbonyl (C=O) groups is 1. The summed E-state index contributed by atoms with van der Waals surface area (Å²) in [7, 11) is 0. The number of piperidine rings is 1. The quantitative estimate of drug-likeness (QED) is 0.611. The Labute approximate surface area is 121 Å². The predicted octanol–water partition coefficient (Wildman–Crippen LogP) is 2.12. The molecule has 0 radical (unpaired) electrons. The van der Waals surface area contributed by atoms with Gasteiger partial charge >= 0.3 is 0 Å². The first-order valence-corrected chi connectivity index (χ1v) is 7.89. The summed E-state index contributed by atoms with van der Waals surface area (Å²) < 4.78 is 5.74. The summed E-state index contributed by atoms with van der Waals surface area (Å²) in [6.45, 7) is 6.52. The van der Waals surface area contributed by atoms with Gasteiger partial charge in [-0.05, 0) is 43.5 Å². The number of hydrogen-bond acceptors (Lipinski definition) is 2. The molecule has 1 N–H and O–H groups in total. The zero-order valence-corrected chi connectivity index (χ0v) is 12.5. The Morgan fingerprint density at radius 1 is 1.15 bits per heavy atom. The summed E-state index contributed by atoms with van der Waals surface area (Å²) in [6, 6.07) is 7.52. The van der Waals surface area contributed by atoms with Crippen molar-refractivity contribution in [2.24, 2.45) is 0 Å². The Kier molecular flexibility index (Phi) is 6.06. The molecule has 3 nitrogen and oxygen atoms in total. The van der Waals surface area contributed by atoms with Crippen molar-refractivity contribution in [2.45, 2.75) is 39.0 Å². The van der Waals surface area contributed by atoms with E-state index < -0.39 is 0 Å². The highest BCUT2D eigenvalue weighted by Gasteiger charge is 2.12. The van der Waals surface area contributed by atoms with Crippen molar-refractivity contribution in [2.75, 3.05) is 26.2 Å². The van der Waals surface area contributed by atoms with Crippen LogP contribution in [-0.4, -0.2) is 32.0 Å². The van der Waals surface area contributed by atoms with Crippen molar-refractivity contribution in [1.29, 1.82) is 0 Å². The molecule has 0 bridgehead atoms. The third-order valence-electron chi connectivity index (χ3n) is 4.00. The van der Waals surface area contributed by atoms with Crippen LogP contribution in [0.25, 0.3) is 0 Å². The molecule has 1 aromatic carbocycles. The summed E-state index contributed by atoms with van der Waals surface area (Å²) in [5.74, 6) is 1.05. The fraction of sp³-hybridized carbons (Fsp3) is 0.588. The Balaban J connectivity index is 1.67. The van der Waals surface area contributed by atoms with E-state index in [9.17, 15) is 4.79 Å². The second-order valence-electron chi connectivity index (χ2n) is 5.56. The van der Waals surface area contributed by atoms with Gasteiger partial charge in [0.05, 0.1) is 26.2 Å². The van der Waals surface area contributed by atoms with E-state index in [2.05, 4.69) is 0 Å². The lowest BCUT2D eigenvalue weighted by Crippen LogP contribution is -3.12. The Hall–Kier alpha value is -1.35. The number of rotatable bonds is 7. The van der Waals surface area contributed by atoms with E-state index in [1.165, 1.54) is 38.9 Å². The van der Waals surface area contributed by atoms with Gasteiger partial charge in [-0.2, -0.15) is 0 Å². The van der Waals surface area contributed by atoms with Gasteiger partial charge in [0.15, 0.2) is 5.78 Å². The lowest BCUT2D eigenvalue weighted by atomic mass is 10.1. The van der Waals surface area contributed by atoms with Crippen LogP contribution in [0, 0.1) is 0 Å². The van der Waals surface area contributed by atoms with Gasteiger partial charge in [-0.1, -0.05) is 6.92 Å². The highest BCUT2D eigenvalue weighted by molar-refractivity contribution is 5.95. The molecule has 110 valence electrons. The van der Waals surface area contributed by atoms with Crippen molar-refractivity contribution in [3.8, 4) is 5.75 Å². The van der Waals surface area contributed by atoms with Crippen LogP contribution in [0.1, 0.15) is 49.4 Å². The van der Waals surface area contributed by atoms with Crippen molar-refractivity contribution in [1.82, 2.24) is 0 Å². The molecule has 0 unspecified atom stereocenters. The van der Waals surface area contributed by atoms with Crippen LogP contribution in [-0.2, 0) is 0 Å². The number of Topliss-reactive ketones (excluding diaryl/α,β-unsaturated/α-hetero) is 1. The minimum absolute atomic E-state index is 0.185. The number of quaternary nitrogens is 1. The number of nitrogens with one attached hydrogen (secondary N) is 1. The summed E-state index contributed by atoms with van der Waals surface area (Å²) >= 11 is 0. The maximum atomic E-state index is 11.5. The van der Waals surface area contributed by atoms with Gasteiger partial charge in [-0.3, -0.25) is 4.79 Å². The smallest absolute Gasteiger partial charge is 0.162 e. The monoisotopic (exact) mass is 276 g/mol. The van der Waals surface area contributed by atoms with E-state index in [4.69, 9.17) is 4.74 Å². The molecule has 0 amide bonds. The maximum absolute atomic E-state index is 11.5. The largest absolute Gasteiger partial charge is 0.493 e. The van der Waals surface area contributed by atoms with Crippen LogP contribution in [0.15, 0.2) is 24.3 Å². The van der Waals surface area contributed by atoms with Crippen molar-refractivity contribution in [3.05, 3.63) is 29.8 Å². The highest BCUT2D eigenvalue weighted by Crippen LogP contribution is 2.13. The van der Waals surface area contributed by atoms with Gasteiger partial charge in [-0.15, -0.1) is 0 Å². The van der Waals surface area contributed by atoms with Crippen molar-refractivity contribution < 1.29 is 14.4 Å². The van der Waals surface area contributed by atoms with E-state index in [1.807, 2.05) is 31.2 Å². The lowest BCUT2D eigenvalue weighted by molar-refractivity contribution is -0.905. The van der Waals surface area contributed by atoms with Crippen LogP contribution >= 0.6 is 0 Å². The average Bonchev–Trinajstić information content (AvgIpc) is 2.52. The van der Waals surface area contributed by atoms with E-state index in [-0.39, 0.29) is 5.78 Å². The predicted molar refractivity (Wildman–Crippen MR) is 80.6 cm³/mol. The van der Waals surface area contributed by atoms with Crippen LogP contribution in [0.2, 0.25) is 0 Å². The van der Waals surface area contributed by atoms with Crippen LogP contribution in [0.4, 0.5) is 0 Å². The Morgan fingerprint density at radius 2 is 1.85 bits per heavy atom. The van der Waals surface area contributed by atoms with Crippen LogP contribution in [0.3, 0.4) is 0 Å². The summed E-state index contributed by atoms with van der Waals surface area (Å²) in [6.07, 6.45) is 5.82. The zero-order valence-electron chi connectivity index (χ0n) is 12.5. The third kappa shape index (κ3) is 4.64. The highest BCUT2D eigenvalue weighted by atomic mass is 16.5. The number of benzene rings is 1. The summed E-state index contributed by atoms with van der Waals surface area (Å²) in [4.78, 5) is 13.2. The number of ether oxygens (including phenoxy) is 1. The SMILES string of the molecule is CCC(=O)c1ccc(OCCC[NH+]2CCCCC2)cc1. The lowest BCUT2D eigenvalue weighted by Gasteiger charge is -2.23. The van der Waals surface area contributed by atoms with Gasteiger partial charge in [0.2, 0.25) is 0 Å². The topological polar surface area (TPSA) is 30.7 Å². The summed E-state index contributed by atoms with van der Waals surface area (Å²) in [5.41, 5.74) is 0.776. The molecular weight excluding hydrogens is 250 g/mol. The average molecular weight is 276 g/mol. The molecule has 1 aliphatic heterocycles. The standard InChI is InChI=1S/C17H25NO2/c1-2-17(19)15-7-9-16(10-8-15)20-14-6-13-18-11-4-3-5-12-18/h7-10H,2-6,11-14H2,1H3/p+1. The second-order valence-corrected chi connectivity index (χ2v) is 5.56. The Morgan fingerprint density at radius 3 is 2.50 bits per heavy atom. The molecule has 0 spiro atoms. The molecule has 3 heteroatoms. The molecular formula is C17H26NO2+. The molecule has 1 aromatic rings. The maximum Gasteiger partial charge on any atom is 0.162 e. The van der Waals surface area contributed by atoms with E-state index in [0.29, 0.717) is 6.42 Å². The first-order valence-electron chi connectivity index (χ1n) is 7.89. The fourth-order valence-electron chi connectivity index (χ4n) is 2.76. The molecule has 2 rings (SSSR count). The number of likely N-dealkylation sites (tertiary alicyclic amines) is 1. The minimum Gasteiger partial charge on any atom is -0.493 e. The first kappa shape index (κ1) is 15.0. The normalized spacial score (nSPS) is 16.1. The molecule has 20 heavy (non-hydrogen) atoms. The van der Waals surface area contributed by atoms with Crippen molar-refractivity contribution >= 4 is 5.78 Å². The van der Waals surface area contributed by atoms with E-state index in [1.54, 1.807) is 4.90 Å². The second kappa shape index (κ2) is 8.05. The summed E-state index contributed by atoms with van der Waals surface area (Å²) in [5, 5.41) is 0. The van der Waals surface area contributed by atoms with Crippen LogP contribution < -0.4 is 9.64 Å². The van der Waals surface area contributed by atoms with E-state index in [0.717, 1.165) is 24.3 Å². The number of ketones is 1. The number of carbonyl (C=O) groups excluding carboxylic acids is 1. The van der Waals surface area contributed by atoms with Crippen molar-refractivity contribution in [3.63, 3.8) is 0 Å². The van der Waals surface area contributed by atoms with Gasteiger partial charge in [0, 0.05) is 18.4 Å². The fourth-order valence-corrected chi connectivity index (χ4v) is 2.76. The molecule has 1 saturated heterocycles. The molecule has 1 aliphatic rings. The molecule has 1 heterocycles. The molecule has 1 fully saturated rings. The van der Waals surface area contributed by atoms with Gasteiger partial charge < -0.3 is 9.64 Å². The molecule has 0 atom stereocenters. The van der Waals surface area contributed by atoms with Crippen LogP contribution in [0.5, 0.6) is 5.75 Å².